The number of rotatable bonds is 6. The van der Waals surface area contributed by atoms with Gasteiger partial charge in [-0.2, -0.15) is 5.26 Å². The van der Waals surface area contributed by atoms with Crippen molar-refractivity contribution >= 4 is 0 Å². The fourth-order valence-corrected chi connectivity index (χ4v) is 2.33. The third kappa shape index (κ3) is 4.11. The number of nitrogens with zero attached hydrogens (tertiary/aromatic N) is 2. The van der Waals surface area contributed by atoms with E-state index in [-0.39, 0.29) is 5.41 Å². The second-order valence-corrected chi connectivity index (χ2v) is 5.37. The molecule has 16 heavy (non-hydrogen) atoms. The highest BCUT2D eigenvalue weighted by Crippen LogP contribution is 2.21. The number of nitriles is 1. The molecule has 1 aliphatic rings. The van der Waals surface area contributed by atoms with Gasteiger partial charge in [0.05, 0.1) is 11.5 Å². The zero-order chi connectivity index (χ0) is 12.0. The van der Waals surface area contributed by atoms with Gasteiger partial charge in [0.1, 0.15) is 0 Å². The molecule has 0 saturated carbocycles. The van der Waals surface area contributed by atoms with Gasteiger partial charge in [0.15, 0.2) is 0 Å². The van der Waals surface area contributed by atoms with Crippen LogP contribution in [0.2, 0.25) is 0 Å². The van der Waals surface area contributed by atoms with Gasteiger partial charge < -0.3 is 5.32 Å². The van der Waals surface area contributed by atoms with Gasteiger partial charge in [-0.1, -0.05) is 6.92 Å². The van der Waals surface area contributed by atoms with Gasteiger partial charge in [0.25, 0.3) is 0 Å². The maximum absolute atomic E-state index is 8.95. The summed E-state index contributed by atoms with van der Waals surface area (Å²) in [5, 5.41) is 12.4. The highest BCUT2D eigenvalue weighted by molar-refractivity contribution is 4.91. The maximum Gasteiger partial charge on any atom is 0.0683 e. The van der Waals surface area contributed by atoms with Crippen LogP contribution in [-0.4, -0.2) is 37.1 Å². The van der Waals surface area contributed by atoms with Crippen LogP contribution >= 0.6 is 0 Å². The van der Waals surface area contributed by atoms with Crippen LogP contribution in [0.5, 0.6) is 0 Å². The summed E-state index contributed by atoms with van der Waals surface area (Å²) in [5.41, 5.74) is -0.159. The first-order valence-electron chi connectivity index (χ1n) is 6.45. The zero-order valence-corrected chi connectivity index (χ0v) is 10.9. The van der Waals surface area contributed by atoms with E-state index in [0.717, 1.165) is 45.1 Å². The molecular weight excluding hydrogens is 198 g/mol. The monoisotopic (exact) mass is 223 g/mol. The van der Waals surface area contributed by atoms with Gasteiger partial charge >= 0.3 is 0 Å². The SMILES string of the molecule is CCN(CCCC(C)(C)C#N)C1CCNC1. The van der Waals surface area contributed by atoms with Gasteiger partial charge in [-0.15, -0.1) is 0 Å². The van der Waals surface area contributed by atoms with E-state index in [4.69, 9.17) is 5.26 Å². The Kier molecular flexibility index (Phi) is 5.24. The molecule has 1 unspecified atom stereocenters. The summed E-state index contributed by atoms with van der Waals surface area (Å²) in [4.78, 5) is 2.55. The molecule has 3 nitrogen and oxygen atoms in total. The van der Waals surface area contributed by atoms with E-state index in [0.29, 0.717) is 0 Å². The normalized spacial score (nSPS) is 21.3. The molecule has 3 heteroatoms. The fraction of sp³-hybridized carbons (Fsp3) is 0.923. The summed E-state index contributed by atoms with van der Waals surface area (Å²) >= 11 is 0. The molecular formula is C13H25N3. The van der Waals surface area contributed by atoms with E-state index in [9.17, 15) is 0 Å². The molecule has 0 bridgehead atoms. The molecule has 1 saturated heterocycles. The quantitative estimate of drug-likeness (QED) is 0.748. The van der Waals surface area contributed by atoms with Gasteiger partial charge in [0.2, 0.25) is 0 Å². The van der Waals surface area contributed by atoms with E-state index in [1.165, 1.54) is 6.42 Å². The van der Waals surface area contributed by atoms with Crippen molar-refractivity contribution in [2.45, 2.75) is 46.1 Å². The lowest BCUT2D eigenvalue weighted by Gasteiger charge is -2.27. The Balaban J connectivity index is 2.26. The minimum atomic E-state index is -0.159. The Bertz CT molecular complexity index is 236. The van der Waals surface area contributed by atoms with Gasteiger partial charge in [-0.25, -0.2) is 0 Å². The van der Waals surface area contributed by atoms with Gasteiger partial charge in [-0.05, 0) is 52.7 Å². The van der Waals surface area contributed by atoms with Crippen LogP contribution in [0.25, 0.3) is 0 Å². The van der Waals surface area contributed by atoms with E-state index < -0.39 is 0 Å². The smallest absolute Gasteiger partial charge is 0.0683 e. The molecule has 1 N–H and O–H groups in total. The molecule has 1 rings (SSSR count). The standard InChI is InChI=1S/C13H25N3/c1-4-16(12-6-8-15-10-12)9-5-7-13(2,3)11-14/h12,15H,4-10H2,1-3H3. The third-order valence-corrected chi connectivity index (χ3v) is 3.51. The lowest BCUT2D eigenvalue weighted by atomic mass is 9.89. The molecule has 0 radical (unpaired) electrons. The zero-order valence-electron chi connectivity index (χ0n) is 10.9. The Morgan fingerprint density at radius 3 is 2.75 bits per heavy atom. The highest BCUT2D eigenvalue weighted by Gasteiger charge is 2.22. The van der Waals surface area contributed by atoms with Crippen molar-refractivity contribution in [3.63, 3.8) is 0 Å². The molecule has 0 spiro atoms. The van der Waals surface area contributed by atoms with E-state index >= 15 is 0 Å². The first-order chi connectivity index (χ1) is 7.59. The summed E-state index contributed by atoms with van der Waals surface area (Å²) in [7, 11) is 0. The molecule has 0 aromatic rings. The minimum Gasteiger partial charge on any atom is -0.315 e. The van der Waals surface area contributed by atoms with Crippen LogP contribution in [0.1, 0.15) is 40.0 Å². The maximum atomic E-state index is 8.95. The van der Waals surface area contributed by atoms with Crippen molar-refractivity contribution in [3.05, 3.63) is 0 Å². The molecule has 92 valence electrons. The minimum absolute atomic E-state index is 0.159. The highest BCUT2D eigenvalue weighted by atomic mass is 15.2. The summed E-state index contributed by atoms with van der Waals surface area (Å²) in [6.07, 6.45) is 3.40. The van der Waals surface area contributed by atoms with Gasteiger partial charge in [0, 0.05) is 12.6 Å². The Hall–Kier alpha value is -0.590. The Morgan fingerprint density at radius 1 is 1.50 bits per heavy atom. The van der Waals surface area contributed by atoms with Crippen LogP contribution in [-0.2, 0) is 0 Å². The molecule has 0 amide bonds. The molecule has 1 heterocycles. The largest absolute Gasteiger partial charge is 0.315 e. The predicted octanol–water partition coefficient (Wildman–Crippen LogP) is 2.00. The van der Waals surface area contributed by atoms with Crippen LogP contribution in [0.4, 0.5) is 0 Å². The van der Waals surface area contributed by atoms with Crippen LogP contribution in [0.15, 0.2) is 0 Å². The van der Waals surface area contributed by atoms with Crippen molar-refractivity contribution < 1.29 is 0 Å². The molecule has 0 aromatic carbocycles. The summed E-state index contributed by atoms with van der Waals surface area (Å²) in [6.45, 7) is 10.8. The predicted molar refractivity (Wildman–Crippen MR) is 67.1 cm³/mol. The van der Waals surface area contributed by atoms with E-state index in [1.807, 2.05) is 13.8 Å². The average Bonchev–Trinajstić information content (AvgIpc) is 2.78. The lowest BCUT2D eigenvalue weighted by Crippen LogP contribution is -2.37. The van der Waals surface area contributed by atoms with Crippen molar-refractivity contribution in [1.29, 1.82) is 5.26 Å². The number of likely N-dealkylation sites (N-methyl/N-ethyl adjacent to an activating group) is 1. The Morgan fingerprint density at radius 2 is 2.25 bits per heavy atom. The molecule has 0 aromatic heterocycles. The topological polar surface area (TPSA) is 39.1 Å². The average molecular weight is 223 g/mol. The first-order valence-corrected chi connectivity index (χ1v) is 6.45. The Labute approximate surface area is 99.8 Å². The molecule has 1 fully saturated rings. The number of nitrogens with one attached hydrogen (secondary N) is 1. The first kappa shape index (κ1) is 13.5. The van der Waals surface area contributed by atoms with Crippen LogP contribution < -0.4 is 5.32 Å². The third-order valence-electron chi connectivity index (χ3n) is 3.51. The number of hydrogen-bond donors (Lipinski definition) is 1. The lowest BCUT2D eigenvalue weighted by molar-refractivity contribution is 0.207. The fourth-order valence-electron chi connectivity index (χ4n) is 2.33. The summed E-state index contributed by atoms with van der Waals surface area (Å²) in [5.74, 6) is 0. The molecule has 1 atom stereocenters. The van der Waals surface area contributed by atoms with Crippen molar-refractivity contribution in [2.75, 3.05) is 26.2 Å². The molecule has 1 aliphatic heterocycles. The molecule has 0 aliphatic carbocycles. The second kappa shape index (κ2) is 6.22. The van der Waals surface area contributed by atoms with E-state index in [2.05, 4.69) is 23.2 Å². The van der Waals surface area contributed by atoms with Crippen LogP contribution in [0.3, 0.4) is 0 Å². The summed E-state index contributed by atoms with van der Waals surface area (Å²) in [6, 6.07) is 3.09. The van der Waals surface area contributed by atoms with Crippen molar-refractivity contribution in [1.82, 2.24) is 10.2 Å². The number of hydrogen-bond acceptors (Lipinski definition) is 3. The van der Waals surface area contributed by atoms with Crippen molar-refractivity contribution in [2.24, 2.45) is 5.41 Å². The summed E-state index contributed by atoms with van der Waals surface area (Å²) < 4.78 is 0. The van der Waals surface area contributed by atoms with E-state index in [1.54, 1.807) is 0 Å². The van der Waals surface area contributed by atoms with Gasteiger partial charge in [-0.3, -0.25) is 4.90 Å². The van der Waals surface area contributed by atoms with Crippen molar-refractivity contribution in [3.8, 4) is 6.07 Å². The van der Waals surface area contributed by atoms with Crippen LogP contribution in [0, 0.1) is 16.7 Å². The second-order valence-electron chi connectivity index (χ2n) is 5.37.